The van der Waals surface area contributed by atoms with Gasteiger partial charge in [0.2, 0.25) is 0 Å². The van der Waals surface area contributed by atoms with E-state index in [-0.39, 0.29) is 0 Å². The Bertz CT molecular complexity index is 354. The molecule has 1 aliphatic carbocycles. The van der Waals surface area contributed by atoms with E-state index in [0.717, 1.165) is 5.82 Å². The van der Waals surface area contributed by atoms with Gasteiger partial charge in [-0.2, -0.15) is 0 Å². The Morgan fingerprint density at radius 3 is 3.00 bits per heavy atom. The van der Waals surface area contributed by atoms with Crippen molar-refractivity contribution in [1.82, 2.24) is 4.98 Å². The van der Waals surface area contributed by atoms with Crippen LogP contribution in [0.25, 0.3) is 0 Å². The maximum atomic E-state index is 6.03. The first kappa shape index (κ1) is 12.4. The van der Waals surface area contributed by atoms with Crippen LogP contribution in [0.5, 0.6) is 0 Å². The van der Waals surface area contributed by atoms with Crippen LogP contribution >= 0.6 is 0 Å². The quantitative estimate of drug-likeness (QED) is 0.868. The Kier molecular flexibility index (Phi) is 4.37. The summed E-state index contributed by atoms with van der Waals surface area (Å²) in [7, 11) is 1.89. The minimum absolute atomic E-state index is 0.440. The van der Waals surface area contributed by atoms with Crippen LogP contribution in [0.2, 0.25) is 0 Å². The molecule has 0 aliphatic heterocycles. The molecule has 1 aromatic heterocycles. The van der Waals surface area contributed by atoms with Crippen LogP contribution in [-0.2, 0) is 11.3 Å². The number of nitrogens with zero attached hydrogens (tertiary/aromatic N) is 1. The van der Waals surface area contributed by atoms with Gasteiger partial charge in [-0.1, -0.05) is 19.8 Å². The van der Waals surface area contributed by atoms with Crippen molar-refractivity contribution in [2.45, 2.75) is 45.3 Å². The Morgan fingerprint density at radius 2 is 2.24 bits per heavy atom. The van der Waals surface area contributed by atoms with Gasteiger partial charge in [0.25, 0.3) is 0 Å². The van der Waals surface area contributed by atoms with E-state index in [1.807, 2.05) is 25.4 Å². The summed E-state index contributed by atoms with van der Waals surface area (Å²) in [6.07, 6.45) is 7.46. The van der Waals surface area contributed by atoms with Crippen LogP contribution in [0, 0.1) is 5.92 Å². The minimum Gasteiger partial charge on any atom is -0.373 e. The molecular formula is C14H22N2O. The number of hydrogen-bond donors (Lipinski definition) is 1. The highest BCUT2D eigenvalue weighted by Crippen LogP contribution is 2.27. The van der Waals surface area contributed by atoms with Gasteiger partial charge >= 0.3 is 0 Å². The third-order valence-electron chi connectivity index (χ3n) is 3.58. The molecule has 1 N–H and O–H groups in total. The highest BCUT2D eigenvalue weighted by Gasteiger charge is 2.21. The average molecular weight is 234 g/mol. The van der Waals surface area contributed by atoms with E-state index in [0.29, 0.717) is 18.6 Å². The summed E-state index contributed by atoms with van der Waals surface area (Å²) in [6.45, 7) is 3.00. The predicted molar refractivity (Wildman–Crippen MR) is 70.0 cm³/mol. The Hall–Kier alpha value is -1.09. The second-order valence-electron chi connectivity index (χ2n) is 4.91. The van der Waals surface area contributed by atoms with Crippen molar-refractivity contribution in [3.63, 3.8) is 0 Å². The first-order valence-corrected chi connectivity index (χ1v) is 6.54. The lowest BCUT2D eigenvalue weighted by atomic mass is 9.88. The molecular weight excluding hydrogens is 212 g/mol. The van der Waals surface area contributed by atoms with E-state index in [1.54, 1.807) is 0 Å². The molecule has 94 valence electrons. The van der Waals surface area contributed by atoms with E-state index < -0.39 is 0 Å². The summed E-state index contributed by atoms with van der Waals surface area (Å²) in [6, 6.07) is 4.07. The highest BCUT2D eigenvalue weighted by molar-refractivity contribution is 5.36. The van der Waals surface area contributed by atoms with Crippen molar-refractivity contribution in [2.75, 3.05) is 12.4 Å². The summed E-state index contributed by atoms with van der Waals surface area (Å²) >= 11 is 0. The monoisotopic (exact) mass is 234 g/mol. The van der Waals surface area contributed by atoms with Crippen LogP contribution in [-0.4, -0.2) is 18.1 Å². The minimum atomic E-state index is 0.440. The van der Waals surface area contributed by atoms with Crippen LogP contribution < -0.4 is 5.32 Å². The fraction of sp³-hybridized carbons (Fsp3) is 0.643. The molecule has 0 saturated heterocycles. The molecule has 1 fully saturated rings. The first-order valence-electron chi connectivity index (χ1n) is 6.54. The van der Waals surface area contributed by atoms with Crippen LogP contribution in [0.15, 0.2) is 18.3 Å². The molecule has 2 rings (SSSR count). The van der Waals surface area contributed by atoms with Crippen LogP contribution in [0.3, 0.4) is 0 Å². The van der Waals surface area contributed by atoms with Crippen LogP contribution in [0.4, 0.5) is 5.82 Å². The average Bonchev–Trinajstić information content (AvgIpc) is 2.38. The first-order chi connectivity index (χ1) is 8.29. The van der Waals surface area contributed by atoms with Gasteiger partial charge in [-0.3, -0.25) is 0 Å². The Morgan fingerprint density at radius 1 is 1.41 bits per heavy atom. The van der Waals surface area contributed by atoms with Crippen molar-refractivity contribution < 1.29 is 4.74 Å². The van der Waals surface area contributed by atoms with Crippen LogP contribution in [0.1, 0.15) is 38.2 Å². The van der Waals surface area contributed by atoms with Crippen molar-refractivity contribution >= 4 is 5.82 Å². The van der Waals surface area contributed by atoms with Gasteiger partial charge in [0.05, 0.1) is 12.7 Å². The Balaban J connectivity index is 1.88. The SMILES string of the molecule is CNc1cc(COC2CCCCC2C)ccn1. The molecule has 0 aromatic carbocycles. The molecule has 17 heavy (non-hydrogen) atoms. The predicted octanol–water partition coefficient (Wildman–Crippen LogP) is 3.22. The van der Waals surface area contributed by atoms with Crippen molar-refractivity contribution in [3.8, 4) is 0 Å². The Labute approximate surface area is 104 Å². The van der Waals surface area contributed by atoms with E-state index in [4.69, 9.17) is 4.74 Å². The molecule has 3 heteroatoms. The second kappa shape index (κ2) is 6.01. The van der Waals surface area contributed by atoms with Gasteiger partial charge in [-0.15, -0.1) is 0 Å². The van der Waals surface area contributed by atoms with E-state index in [1.165, 1.54) is 31.2 Å². The zero-order chi connectivity index (χ0) is 12.1. The van der Waals surface area contributed by atoms with Gasteiger partial charge < -0.3 is 10.1 Å². The molecule has 1 saturated carbocycles. The van der Waals surface area contributed by atoms with E-state index >= 15 is 0 Å². The van der Waals surface area contributed by atoms with Gasteiger partial charge in [0.15, 0.2) is 0 Å². The second-order valence-corrected chi connectivity index (χ2v) is 4.91. The highest BCUT2D eigenvalue weighted by atomic mass is 16.5. The molecule has 1 aliphatic rings. The number of ether oxygens (including phenoxy) is 1. The third kappa shape index (κ3) is 3.43. The van der Waals surface area contributed by atoms with E-state index in [2.05, 4.69) is 17.2 Å². The molecule has 0 spiro atoms. The van der Waals surface area contributed by atoms with Crippen molar-refractivity contribution in [3.05, 3.63) is 23.9 Å². The molecule has 2 atom stereocenters. The molecule has 1 aromatic rings. The third-order valence-corrected chi connectivity index (χ3v) is 3.58. The maximum absolute atomic E-state index is 6.03. The summed E-state index contributed by atoms with van der Waals surface area (Å²) in [5.41, 5.74) is 1.20. The lowest BCUT2D eigenvalue weighted by Gasteiger charge is -2.28. The molecule has 0 amide bonds. The summed E-state index contributed by atoms with van der Waals surface area (Å²) in [5, 5.41) is 3.05. The molecule has 0 bridgehead atoms. The largest absolute Gasteiger partial charge is 0.373 e. The topological polar surface area (TPSA) is 34.1 Å². The fourth-order valence-electron chi connectivity index (χ4n) is 2.43. The fourth-order valence-corrected chi connectivity index (χ4v) is 2.43. The van der Waals surface area contributed by atoms with Gasteiger partial charge in [0, 0.05) is 13.2 Å². The summed E-state index contributed by atoms with van der Waals surface area (Å²) in [5.74, 6) is 1.61. The normalized spacial score (nSPS) is 24.6. The maximum Gasteiger partial charge on any atom is 0.125 e. The summed E-state index contributed by atoms with van der Waals surface area (Å²) in [4.78, 5) is 4.20. The number of rotatable bonds is 4. The van der Waals surface area contributed by atoms with Gasteiger partial charge in [-0.25, -0.2) is 4.98 Å². The van der Waals surface area contributed by atoms with Crippen molar-refractivity contribution in [1.29, 1.82) is 0 Å². The van der Waals surface area contributed by atoms with Gasteiger partial charge in [0.1, 0.15) is 5.82 Å². The molecule has 2 unspecified atom stereocenters. The summed E-state index contributed by atoms with van der Waals surface area (Å²) < 4.78 is 6.03. The number of anilines is 1. The smallest absolute Gasteiger partial charge is 0.125 e. The standard InChI is InChI=1S/C14H22N2O/c1-11-5-3-4-6-13(11)17-10-12-7-8-16-14(9-12)15-2/h7-9,11,13H,3-6,10H2,1-2H3,(H,15,16). The lowest BCUT2D eigenvalue weighted by Crippen LogP contribution is -2.25. The molecule has 3 nitrogen and oxygen atoms in total. The number of pyridine rings is 1. The molecule has 1 heterocycles. The number of nitrogens with one attached hydrogen (secondary N) is 1. The lowest BCUT2D eigenvalue weighted by molar-refractivity contribution is -0.0154. The number of hydrogen-bond acceptors (Lipinski definition) is 3. The van der Waals surface area contributed by atoms with Gasteiger partial charge in [-0.05, 0) is 36.5 Å². The zero-order valence-corrected chi connectivity index (χ0v) is 10.8. The van der Waals surface area contributed by atoms with Crippen molar-refractivity contribution in [2.24, 2.45) is 5.92 Å². The zero-order valence-electron chi connectivity index (χ0n) is 10.8. The van der Waals surface area contributed by atoms with E-state index in [9.17, 15) is 0 Å². The number of aromatic nitrogens is 1. The molecule has 0 radical (unpaired) electrons.